The van der Waals surface area contributed by atoms with Gasteiger partial charge in [0.15, 0.2) is 0 Å². The zero-order valence-electron chi connectivity index (χ0n) is 22.0. The van der Waals surface area contributed by atoms with Gasteiger partial charge in [-0.15, -0.1) is 0 Å². The molecule has 0 saturated carbocycles. The molecule has 37 heavy (non-hydrogen) atoms. The highest BCUT2D eigenvalue weighted by atomic mass is 32.2. The first-order chi connectivity index (χ1) is 17.5. The Morgan fingerprint density at radius 3 is 2.49 bits per heavy atom. The van der Waals surface area contributed by atoms with Crippen LogP contribution in [0.1, 0.15) is 42.3 Å². The first kappa shape index (κ1) is 27.0. The summed E-state index contributed by atoms with van der Waals surface area (Å²) in [5.74, 6) is 0.0982. The molecular weight excluding hydrogens is 491 g/mol. The lowest BCUT2D eigenvalue weighted by Crippen LogP contribution is -2.51. The van der Waals surface area contributed by atoms with E-state index in [0.29, 0.717) is 36.8 Å². The van der Waals surface area contributed by atoms with E-state index in [-0.39, 0.29) is 16.8 Å². The predicted octanol–water partition coefficient (Wildman–Crippen LogP) is 4.62. The van der Waals surface area contributed by atoms with E-state index < -0.39 is 10.0 Å². The molecule has 0 unspecified atom stereocenters. The molecule has 0 bridgehead atoms. The summed E-state index contributed by atoms with van der Waals surface area (Å²) in [4.78, 5) is 2.58. The lowest BCUT2D eigenvalue weighted by atomic mass is 9.94. The van der Waals surface area contributed by atoms with Crippen molar-refractivity contribution in [1.82, 2.24) is 19.0 Å². The maximum absolute atomic E-state index is 13.6. The van der Waals surface area contributed by atoms with Gasteiger partial charge in [0.1, 0.15) is 10.7 Å². The maximum atomic E-state index is 13.6. The van der Waals surface area contributed by atoms with Gasteiger partial charge in [-0.05, 0) is 67.3 Å². The molecule has 0 amide bonds. The summed E-state index contributed by atoms with van der Waals surface area (Å²) >= 11 is 0. The number of hydrogen-bond acceptors (Lipinski definition) is 6. The van der Waals surface area contributed by atoms with Crippen LogP contribution >= 0.6 is 0 Å². The first-order valence-corrected chi connectivity index (χ1v) is 13.9. The second kappa shape index (κ2) is 10.7. The lowest BCUT2D eigenvalue weighted by molar-refractivity contribution is 0.105. The van der Waals surface area contributed by atoms with Crippen molar-refractivity contribution in [1.29, 1.82) is 5.41 Å². The minimum absolute atomic E-state index is 0.165. The molecular formula is C27H35FN6O2S. The van der Waals surface area contributed by atoms with E-state index in [1.54, 1.807) is 35.1 Å². The van der Waals surface area contributed by atoms with Gasteiger partial charge in [0.25, 0.3) is 0 Å². The second-order valence-electron chi connectivity index (χ2n) is 10.1. The van der Waals surface area contributed by atoms with Gasteiger partial charge in [-0.2, -0.15) is 9.40 Å². The summed E-state index contributed by atoms with van der Waals surface area (Å²) in [5, 5.41) is 15.5. The molecule has 1 atom stereocenters. The van der Waals surface area contributed by atoms with Crippen molar-refractivity contribution < 1.29 is 12.8 Å². The SMILES string of the molecule is Cc1cc(Nc2ccc(F)cc2)c(C=N)cc1[C@H]1CN(S(=O)(=O)c2cnn(C)c2C)CCN1CC(C)C. The van der Waals surface area contributed by atoms with Crippen molar-refractivity contribution in [2.45, 2.75) is 38.6 Å². The van der Waals surface area contributed by atoms with Gasteiger partial charge < -0.3 is 10.7 Å². The molecule has 2 heterocycles. The lowest BCUT2D eigenvalue weighted by Gasteiger charge is -2.42. The Morgan fingerprint density at radius 2 is 1.89 bits per heavy atom. The van der Waals surface area contributed by atoms with E-state index in [2.05, 4.69) is 29.2 Å². The normalized spacial score (nSPS) is 17.3. The molecule has 1 fully saturated rings. The standard InChI is InChI=1S/C27H35FN6O2S/c1-18(2)16-33-10-11-34(37(35,36)27-15-30-32(5)20(27)4)17-26(33)24-13-21(14-29)25(12-19(24)3)31-23-8-6-22(28)7-9-23/h6-9,12-15,18,26,29,31H,10-11,16-17H2,1-5H3/t26-/m1/s1. The molecule has 0 aliphatic carbocycles. The van der Waals surface area contributed by atoms with E-state index in [9.17, 15) is 12.8 Å². The number of aromatic nitrogens is 2. The van der Waals surface area contributed by atoms with Crippen LogP contribution in [-0.2, 0) is 17.1 Å². The number of anilines is 2. The van der Waals surface area contributed by atoms with Crippen LogP contribution in [0.3, 0.4) is 0 Å². The van der Waals surface area contributed by atoms with E-state index in [1.807, 2.05) is 19.1 Å². The molecule has 0 spiro atoms. The Morgan fingerprint density at radius 1 is 1.19 bits per heavy atom. The summed E-state index contributed by atoms with van der Waals surface area (Å²) in [5.41, 5.74) is 4.74. The molecule has 1 aliphatic heterocycles. The van der Waals surface area contributed by atoms with E-state index in [4.69, 9.17) is 5.41 Å². The third kappa shape index (κ3) is 5.61. The molecule has 198 valence electrons. The van der Waals surface area contributed by atoms with Crippen molar-refractivity contribution >= 4 is 27.6 Å². The molecule has 10 heteroatoms. The van der Waals surface area contributed by atoms with Gasteiger partial charge >= 0.3 is 0 Å². The van der Waals surface area contributed by atoms with Gasteiger partial charge in [0.05, 0.1) is 11.9 Å². The maximum Gasteiger partial charge on any atom is 0.246 e. The fourth-order valence-electron chi connectivity index (χ4n) is 4.88. The molecule has 4 rings (SSSR count). The Hall–Kier alpha value is -3.08. The highest BCUT2D eigenvalue weighted by Gasteiger charge is 2.37. The predicted molar refractivity (Wildman–Crippen MR) is 145 cm³/mol. The summed E-state index contributed by atoms with van der Waals surface area (Å²) in [6.07, 6.45) is 2.71. The van der Waals surface area contributed by atoms with Crippen LogP contribution < -0.4 is 5.32 Å². The minimum atomic E-state index is -3.71. The van der Waals surface area contributed by atoms with Crippen LogP contribution in [0.4, 0.5) is 15.8 Å². The first-order valence-electron chi connectivity index (χ1n) is 12.4. The Labute approximate surface area is 218 Å². The molecule has 3 aromatic rings. The third-order valence-corrected chi connectivity index (χ3v) is 8.91. The number of nitrogens with zero attached hydrogens (tertiary/aromatic N) is 4. The van der Waals surface area contributed by atoms with Crippen LogP contribution in [-0.4, -0.2) is 59.8 Å². The highest BCUT2D eigenvalue weighted by Crippen LogP contribution is 2.34. The minimum Gasteiger partial charge on any atom is -0.355 e. The zero-order chi connectivity index (χ0) is 26.9. The van der Waals surface area contributed by atoms with Gasteiger partial charge in [0, 0.05) is 62.4 Å². The average Bonchev–Trinajstić information content (AvgIpc) is 3.19. The molecule has 1 saturated heterocycles. The molecule has 2 N–H and O–H groups in total. The van der Waals surface area contributed by atoms with Crippen molar-refractivity contribution in [2.75, 3.05) is 31.5 Å². The van der Waals surface area contributed by atoms with Crippen LogP contribution in [0.15, 0.2) is 47.5 Å². The highest BCUT2D eigenvalue weighted by molar-refractivity contribution is 7.89. The fraction of sp³-hybridized carbons (Fsp3) is 0.407. The Bertz CT molecular complexity index is 1380. The number of piperazine rings is 1. The molecule has 0 radical (unpaired) electrons. The molecule has 8 nitrogen and oxygen atoms in total. The van der Waals surface area contributed by atoms with Crippen LogP contribution in [0.2, 0.25) is 0 Å². The van der Waals surface area contributed by atoms with Gasteiger partial charge in [-0.3, -0.25) is 9.58 Å². The monoisotopic (exact) mass is 526 g/mol. The van der Waals surface area contributed by atoms with Crippen molar-refractivity contribution in [3.8, 4) is 0 Å². The molecule has 2 aromatic carbocycles. The smallest absolute Gasteiger partial charge is 0.246 e. The van der Waals surface area contributed by atoms with Crippen molar-refractivity contribution in [2.24, 2.45) is 13.0 Å². The number of aryl methyl sites for hydroxylation is 2. The third-order valence-electron chi connectivity index (χ3n) is 6.94. The van der Waals surface area contributed by atoms with Gasteiger partial charge in [-0.25, -0.2) is 12.8 Å². The van der Waals surface area contributed by atoms with Crippen LogP contribution in [0, 0.1) is 31.0 Å². The summed E-state index contributed by atoms with van der Waals surface area (Å²) in [6.45, 7) is 10.2. The zero-order valence-corrected chi connectivity index (χ0v) is 22.8. The number of halogens is 1. The van der Waals surface area contributed by atoms with Gasteiger partial charge in [-0.1, -0.05) is 13.8 Å². The van der Waals surface area contributed by atoms with Crippen LogP contribution in [0.5, 0.6) is 0 Å². The summed E-state index contributed by atoms with van der Waals surface area (Å²) < 4.78 is 43.7. The van der Waals surface area contributed by atoms with Gasteiger partial charge in [0.2, 0.25) is 10.0 Å². The fourth-order valence-corrected chi connectivity index (χ4v) is 6.51. The Balaban J connectivity index is 1.70. The van der Waals surface area contributed by atoms with Crippen molar-refractivity contribution in [3.05, 3.63) is 70.8 Å². The number of nitrogens with one attached hydrogen (secondary N) is 2. The van der Waals surface area contributed by atoms with Crippen LogP contribution in [0.25, 0.3) is 0 Å². The largest absolute Gasteiger partial charge is 0.355 e. The average molecular weight is 527 g/mol. The number of hydrogen-bond donors (Lipinski definition) is 2. The number of rotatable bonds is 8. The van der Waals surface area contributed by atoms with E-state index in [1.165, 1.54) is 24.5 Å². The Kier molecular flexibility index (Phi) is 7.82. The quantitative estimate of drug-likeness (QED) is 0.418. The second-order valence-corrected chi connectivity index (χ2v) is 12.0. The number of benzene rings is 2. The number of sulfonamides is 1. The summed E-state index contributed by atoms with van der Waals surface area (Å²) in [7, 11) is -1.97. The summed E-state index contributed by atoms with van der Waals surface area (Å²) in [6, 6.07) is 9.86. The van der Waals surface area contributed by atoms with E-state index in [0.717, 1.165) is 29.0 Å². The molecule has 1 aliphatic rings. The topological polar surface area (TPSA) is 94.3 Å². The van der Waals surface area contributed by atoms with E-state index >= 15 is 0 Å². The van der Waals surface area contributed by atoms with Crippen molar-refractivity contribution in [3.63, 3.8) is 0 Å². The molecule has 1 aromatic heterocycles.